The Morgan fingerprint density at radius 3 is 1.89 bits per heavy atom. The summed E-state index contributed by atoms with van der Waals surface area (Å²) in [5.74, 6) is -0.914. The second kappa shape index (κ2) is 12.6. The fourth-order valence-electron chi connectivity index (χ4n) is 4.95. The molecule has 0 atom stereocenters. The molecule has 0 bridgehead atoms. The summed E-state index contributed by atoms with van der Waals surface area (Å²) in [5.41, 5.74) is 7.17. The number of benzene rings is 5. The Kier molecular flexibility index (Phi) is 7.72. The van der Waals surface area contributed by atoms with Crippen molar-refractivity contribution in [2.75, 3.05) is 0 Å². The van der Waals surface area contributed by atoms with Crippen LogP contribution in [-0.2, 0) is 13.1 Å². The van der Waals surface area contributed by atoms with Crippen molar-refractivity contribution in [1.29, 1.82) is 0 Å². The van der Waals surface area contributed by atoms with Gasteiger partial charge in [0, 0.05) is 11.1 Å². The first kappa shape index (κ1) is 28.2. The summed E-state index contributed by atoms with van der Waals surface area (Å²) in [6.45, 7) is 0.768. The van der Waals surface area contributed by atoms with Crippen LogP contribution in [0.4, 0.5) is 5.69 Å². The van der Waals surface area contributed by atoms with Crippen molar-refractivity contribution >= 4 is 28.5 Å². The van der Waals surface area contributed by atoms with E-state index in [2.05, 4.69) is 25.9 Å². The van der Waals surface area contributed by atoms with Gasteiger partial charge in [-0.15, -0.1) is 10.2 Å². The van der Waals surface area contributed by atoms with Crippen molar-refractivity contribution in [3.63, 3.8) is 0 Å². The third-order valence-corrected chi connectivity index (χ3v) is 7.17. The SMILES string of the molecule is O=C(N=Nc1c2[nH]n(Cc3ccccc3)nc-2c(=NNC(=O)c2ccccc2)c2nn(Cc3ccccc3)nc12)c1ccccc1. The fourth-order valence-corrected chi connectivity index (χ4v) is 4.95. The molecule has 0 saturated heterocycles. The van der Waals surface area contributed by atoms with E-state index in [0.29, 0.717) is 46.6 Å². The molecule has 12 nitrogen and oxygen atoms in total. The summed E-state index contributed by atoms with van der Waals surface area (Å²) in [6, 6.07) is 37.0. The van der Waals surface area contributed by atoms with Crippen LogP contribution in [0.3, 0.4) is 0 Å². The van der Waals surface area contributed by atoms with E-state index < -0.39 is 11.8 Å². The molecular formula is C34H26N10O2. The predicted molar refractivity (Wildman–Crippen MR) is 170 cm³/mol. The zero-order valence-corrected chi connectivity index (χ0v) is 24.4. The van der Waals surface area contributed by atoms with Crippen LogP contribution < -0.4 is 10.8 Å². The maximum Gasteiger partial charge on any atom is 0.295 e. The Labute approximate surface area is 262 Å². The Morgan fingerprint density at radius 2 is 1.24 bits per heavy atom. The van der Waals surface area contributed by atoms with Crippen molar-refractivity contribution in [1.82, 2.24) is 35.4 Å². The summed E-state index contributed by atoms with van der Waals surface area (Å²) in [7, 11) is 0. The van der Waals surface area contributed by atoms with Crippen LogP contribution in [0, 0.1) is 0 Å². The summed E-state index contributed by atoms with van der Waals surface area (Å²) in [4.78, 5) is 29.1. The van der Waals surface area contributed by atoms with E-state index in [4.69, 9.17) is 15.3 Å². The minimum Gasteiger partial charge on any atom is -0.278 e. The summed E-state index contributed by atoms with van der Waals surface area (Å²) in [5, 5.41) is 30.8. The number of rotatable bonds is 8. The number of fused-ring (bicyclic) bond motifs is 2. The van der Waals surface area contributed by atoms with Gasteiger partial charge in [0.15, 0.2) is 0 Å². The molecule has 0 radical (unpaired) electrons. The molecule has 0 spiro atoms. The van der Waals surface area contributed by atoms with Gasteiger partial charge in [-0.05, 0) is 35.4 Å². The number of hydrogen-bond donors (Lipinski definition) is 2. The lowest BCUT2D eigenvalue weighted by atomic mass is 10.1. The highest BCUT2D eigenvalue weighted by Crippen LogP contribution is 2.33. The van der Waals surface area contributed by atoms with Crippen LogP contribution in [0.15, 0.2) is 137 Å². The lowest BCUT2D eigenvalue weighted by Crippen LogP contribution is -2.23. The van der Waals surface area contributed by atoms with Gasteiger partial charge in [0.2, 0.25) is 0 Å². The number of amides is 2. The largest absolute Gasteiger partial charge is 0.295 e. The molecule has 0 saturated carbocycles. The van der Waals surface area contributed by atoms with E-state index in [1.54, 1.807) is 53.3 Å². The van der Waals surface area contributed by atoms with Gasteiger partial charge in [-0.3, -0.25) is 14.7 Å². The third-order valence-electron chi connectivity index (χ3n) is 7.17. The molecule has 0 fully saturated rings. The van der Waals surface area contributed by atoms with Gasteiger partial charge in [0.05, 0.1) is 13.1 Å². The van der Waals surface area contributed by atoms with E-state index in [1.807, 2.05) is 72.8 Å². The van der Waals surface area contributed by atoms with Crippen LogP contribution in [0.1, 0.15) is 31.8 Å². The van der Waals surface area contributed by atoms with Crippen molar-refractivity contribution in [2.24, 2.45) is 15.3 Å². The molecule has 1 aliphatic heterocycles. The number of hydrogen-bond acceptors (Lipinski definition) is 7. The number of azo groups is 1. The van der Waals surface area contributed by atoms with E-state index in [-0.39, 0.29) is 11.0 Å². The van der Waals surface area contributed by atoms with Gasteiger partial charge in [0.1, 0.15) is 33.5 Å². The molecule has 4 aromatic carbocycles. The lowest BCUT2D eigenvalue weighted by molar-refractivity contribution is 0.0951. The minimum absolute atomic E-state index is 0.265. The number of nitrogens with zero attached hydrogens (tertiary/aromatic N) is 8. The van der Waals surface area contributed by atoms with E-state index >= 15 is 0 Å². The van der Waals surface area contributed by atoms with Gasteiger partial charge in [-0.25, -0.2) is 10.2 Å². The number of aromatic amines is 1. The monoisotopic (exact) mass is 606 g/mol. The highest BCUT2D eigenvalue weighted by atomic mass is 16.2. The first-order chi connectivity index (χ1) is 22.6. The zero-order valence-electron chi connectivity index (χ0n) is 24.4. The zero-order chi connectivity index (χ0) is 31.3. The van der Waals surface area contributed by atoms with Gasteiger partial charge >= 0.3 is 0 Å². The van der Waals surface area contributed by atoms with E-state index in [0.717, 1.165) is 11.1 Å². The normalized spacial score (nSPS) is 11.9. The van der Waals surface area contributed by atoms with Gasteiger partial charge in [-0.2, -0.15) is 25.2 Å². The van der Waals surface area contributed by atoms with E-state index in [1.165, 1.54) is 4.80 Å². The first-order valence-corrected chi connectivity index (χ1v) is 14.5. The molecule has 7 rings (SSSR count). The Bertz CT molecular complexity index is 2170. The Morgan fingerprint density at radius 1 is 0.674 bits per heavy atom. The van der Waals surface area contributed by atoms with Crippen molar-refractivity contribution in [3.05, 3.63) is 149 Å². The number of carbonyl (C=O) groups is 2. The van der Waals surface area contributed by atoms with Crippen LogP contribution >= 0.6 is 0 Å². The Hall–Kier alpha value is -6.56. The number of H-pyrrole nitrogens is 1. The second-order valence-electron chi connectivity index (χ2n) is 10.4. The van der Waals surface area contributed by atoms with Gasteiger partial charge in [0.25, 0.3) is 11.8 Å². The van der Waals surface area contributed by atoms with Gasteiger partial charge in [-0.1, -0.05) is 97.1 Å². The molecule has 2 N–H and O–H groups in total. The second-order valence-corrected chi connectivity index (χ2v) is 10.4. The molecule has 1 aromatic heterocycles. The van der Waals surface area contributed by atoms with Crippen molar-refractivity contribution in [2.45, 2.75) is 13.1 Å². The maximum absolute atomic E-state index is 13.0. The third kappa shape index (κ3) is 5.95. The van der Waals surface area contributed by atoms with E-state index in [9.17, 15) is 9.59 Å². The smallest absolute Gasteiger partial charge is 0.278 e. The molecule has 46 heavy (non-hydrogen) atoms. The molecular weight excluding hydrogens is 580 g/mol. The summed E-state index contributed by atoms with van der Waals surface area (Å²) in [6.07, 6.45) is 0. The molecule has 2 heterocycles. The van der Waals surface area contributed by atoms with Crippen molar-refractivity contribution in [3.8, 4) is 11.4 Å². The Balaban J connectivity index is 1.41. The summed E-state index contributed by atoms with van der Waals surface area (Å²) >= 11 is 0. The standard InChI is InChI=1S/C34H26N10O2/c45-33(25-17-9-3-10-18-25)37-35-27-29-30(40-43(39-29)21-23-13-5-1-6-14-23)28(36-38-34(46)26-19-11-4-12-20-26)32-31(27)41-44(42-32)22-24-15-7-2-8-16-24/h1-20,39H,21-22H2,(H,38,46). The maximum atomic E-state index is 13.0. The molecule has 0 unspecified atom stereocenters. The molecule has 12 heteroatoms. The fraction of sp³-hybridized carbons (Fsp3) is 0.0588. The highest BCUT2D eigenvalue weighted by Gasteiger charge is 2.26. The topological polar surface area (TPSA) is 148 Å². The highest BCUT2D eigenvalue weighted by molar-refractivity contribution is 5.98. The van der Waals surface area contributed by atoms with Gasteiger partial charge < -0.3 is 0 Å². The number of aromatic nitrogens is 6. The molecule has 2 aliphatic rings. The molecule has 5 aromatic rings. The van der Waals surface area contributed by atoms with Crippen LogP contribution in [0.2, 0.25) is 0 Å². The summed E-state index contributed by atoms with van der Waals surface area (Å²) < 4.78 is 0. The van der Waals surface area contributed by atoms with Crippen LogP contribution in [-0.4, -0.2) is 41.8 Å². The minimum atomic E-state index is -0.515. The number of carbonyl (C=O) groups excluding carboxylic acids is 2. The van der Waals surface area contributed by atoms with Crippen LogP contribution in [0.25, 0.3) is 22.4 Å². The number of nitrogens with one attached hydrogen (secondary N) is 2. The molecule has 2 amide bonds. The van der Waals surface area contributed by atoms with Crippen molar-refractivity contribution < 1.29 is 9.59 Å². The average molecular weight is 607 g/mol. The molecule has 1 aliphatic carbocycles. The molecule has 224 valence electrons. The quantitative estimate of drug-likeness (QED) is 0.177. The first-order valence-electron chi connectivity index (χ1n) is 14.5. The lowest BCUT2D eigenvalue weighted by Gasteiger charge is -2.03. The average Bonchev–Trinajstić information content (AvgIpc) is 3.71. The van der Waals surface area contributed by atoms with Crippen LogP contribution in [0.5, 0.6) is 0 Å². The predicted octanol–water partition coefficient (Wildman–Crippen LogP) is 5.33.